The number of thiazole rings is 2. The van der Waals surface area contributed by atoms with Gasteiger partial charge >= 0.3 is 0 Å². The zero-order chi connectivity index (χ0) is 22.2. The van der Waals surface area contributed by atoms with Gasteiger partial charge in [0.05, 0.1) is 28.9 Å². The second-order valence-corrected chi connectivity index (χ2v) is 9.65. The summed E-state index contributed by atoms with van der Waals surface area (Å²) in [5.74, 6) is -0.0161. The summed E-state index contributed by atoms with van der Waals surface area (Å²) in [6.45, 7) is 2.01. The Morgan fingerprint density at radius 3 is 2.56 bits per heavy atom. The van der Waals surface area contributed by atoms with E-state index in [1.54, 1.807) is 31.4 Å². The van der Waals surface area contributed by atoms with E-state index in [-0.39, 0.29) is 17.7 Å². The summed E-state index contributed by atoms with van der Waals surface area (Å²) in [5.41, 5.74) is 3.26. The van der Waals surface area contributed by atoms with Crippen molar-refractivity contribution in [3.05, 3.63) is 64.2 Å². The van der Waals surface area contributed by atoms with E-state index in [1.807, 2.05) is 25.1 Å². The second kappa shape index (κ2) is 8.33. The molecular weight excluding hydrogens is 444 g/mol. The molecule has 0 fully saturated rings. The van der Waals surface area contributed by atoms with Gasteiger partial charge in [0.15, 0.2) is 10.3 Å². The first-order valence-corrected chi connectivity index (χ1v) is 11.8. The van der Waals surface area contributed by atoms with Gasteiger partial charge in [-0.1, -0.05) is 23.5 Å². The number of carbonyl (C=O) groups excluding carboxylic acids is 2. The fourth-order valence-corrected chi connectivity index (χ4v) is 5.76. The smallest absolute Gasteiger partial charge is 0.257 e. The fourth-order valence-electron chi connectivity index (χ4n) is 3.78. The molecule has 1 unspecified atom stereocenters. The largest absolute Gasteiger partial charge is 0.497 e. The Balaban J connectivity index is 1.29. The van der Waals surface area contributed by atoms with Crippen LogP contribution in [0.5, 0.6) is 5.75 Å². The van der Waals surface area contributed by atoms with E-state index < -0.39 is 0 Å². The number of hydrogen-bond acceptors (Lipinski definition) is 7. The molecule has 0 saturated heterocycles. The van der Waals surface area contributed by atoms with Crippen LogP contribution < -0.4 is 15.4 Å². The number of methoxy groups -OCH3 is 1. The number of aryl methyl sites for hydroxylation is 2. The maximum atomic E-state index is 13.0. The van der Waals surface area contributed by atoms with Gasteiger partial charge in [0, 0.05) is 10.4 Å². The number of para-hydroxylation sites is 1. The first-order chi connectivity index (χ1) is 15.5. The molecule has 2 aromatic heterocycles. The van der Waals surface area contributed by atoms with Gasteiger partial charge in [-0.3, -0.25) is 14.9 Å². The monoisotopic (exact) mass is 464 g/mol. The molecule has 1 aliphatic carbocycles. The van der Waals surface area contributed by atoms with E-state index in [9.17, 15) is 9.59 Å². The second-order valence-electron chi connectivity index (χ2n) is 7.53. The van der Waals surface area contributed by atoms with Crippen molar-refractivity contribution in [2.45, 2.75) is 25.7 Å². The van der Waals surface area contributed by atoms with Crippen molar-refractivity contribution in [1.82, 2.24) is 9.97 Å². The number of anilines is 2. The van der Waals surface area contributed by atoms with Gasteiger partial charge in [0.1, 0.15) is 5.75 Å². The average molecular weight is 465 g/mol. The Kier molecular flexibility index (Phi) is 5.36. The van der Waals surface area contributed by atoms with Gasteiger partial charge in [0.25, 0.3) is 5.91 Å². The third-order valence-electron chi connectivity index (χ3n) is 5.46. The molecule has 162 valence electrons. The molecule has 1 atom stereocenters. The number of ether oxygens (including phenoxy) is 1. The van der Waals surface area contributed by atoms with E-state index in [1.165, 1.54) is 22.7 Å². The lowest BCUT2D eigenvalue weighted by Gasteiger charge is -2.08. The van der Waals surface area contributed by atoms with Crippen molar-refractivity contribution in [2.24, 2.45) is 0 Å². The van der Waals surface area contributed by atoms with Gasteiger partial charge < -0.3 is 10.1 Å². The molecular formula is C23H20N4O3S2. The van der Waals surface area contributed by atoms with Crippen LogP contribution in [0, 0.1) is 6.92 Å². The lowest BCUT2D eigenvalue weighted by atomic mass is 10.1. The molecule has 1 aliphatic rings. The summed E-state index contributed by atoms with van der Waals surface area (Å²) in [4.78, 5) is 35.7. The van der Waals surface area contributed by atoms with E-state index in [2.05, 4.69) is 20.6 Å². The molecule has 2 heterocycles. The summed E-state index contributed by atoms with van der Waals surface area (Å²) in [7, 11) is 1.58. The van der Waals surface area contributed by atoms with Crippen molar-refractivity contribution in [1.29, 1.82) is 0 Å². The molecule has 0 aliphatic heterocycles. The lowest BCUT2D eigenvalue weighted by molar-refractivity contribution is -0.117. The number of benzene rings is 2. The van der Waals surface area contributed by atoms with Crippen LogP contribution in [0.15, 0.2) is 42.5 Å². The highest BCUT2D eigenvalue weighted by Crippen LogP contribution is 2.39. The van der Waals surface area contributed by atoms with Crippen molar-refractivity contribution in [2.75, 3.05) is 17.7 Å². The van der Waals surface area contributed by atoms with Crippen molar-refractivity contribution >= 4 is 55.0 Å². The summed E-state index contributed by atoms with van der Waals surface area (Å²) >= 11 is 2.89. The maximum absolute atomic E-state index is 13.0. The van der Waals surface area contributed by atoms with Crippen molar-refractivity contribution in [3.63, 3.8) is 0 Å². The number of aromatic nitrogens is 2. The number of hydrogen-bond donors (Lipinski definition) is 2. The van der Waals surface area contributed by atoms with Crippen LogP contribution in [0.2, 0.25) is 0 Å². The summed E-state index contributed by atoms with van der Waals surface area (Å²) in [6, 6.07) is 12.9. The Morgan fingerprint density at radius 2 is 1.81 bits per heavy atom. The number of carbonyl (C=O) groups is 2. The molecule has 4 aromatic rings. The molecule has 2 N–H and O–H groups in total. The van der Waals surface area contributed by atoms with Crippen LogP contribution in [0.25, 0.3) is 10.2 Å². The standard InChI is InChI=1S/C23H20N4O3S2/c1-12-4-3-5-16-18(12)24-22(31-16)27-21(29)15-10-11-17-19(15)25-23(32-17)26-20(28)13-6-8-14(30-2)9-7-13/h3-9,15H,10-11H2,1-2H3,(H,24,27,29)(H,25,26,28). The zero-order valence-electron chi connectivity index (χ0n) is 17.5. The number of amides is 2. The molecule has 2 aromatic carbocycles. The predicted octanol–water partition coefficient (Wildman–Crippen LogP) is 4.99. The minimum Gasteiger partial charge on any atom is -0.497 e. The number of nitrogens with zero attached hydrogens (tertiary/aromatic N) is 2. The SMILES string of the molecule is COc1ccc(C(=O)Nc2nc3c(s2)CCC3C(=O)Nc2nc3c(C)cccc3s2)cc1. The molecule has 0 bridgehead atoms. The Labute approximate surface area is 192 Å². The van der Waals surface area contributed by atoms with Gasteiger partial charge in [0.2, 0.25) is 5.91 Å². The van der Waals surface area contributed by atoms with Crippen LogP contribution in [-0.2, 0) is 11.2 Å². The van der Waals surface area contributed by atoms with Crippen molar-refractivity contribution < 1.29 is 14.3 Å². The molecule has 32 heavy (non-hydrogen) atoms. The first-order valence-electron chi connectivity index (χ1n) is 10.1. The number of rotatable bonds is 5. The fraction of sp³-hybridized carbons (Fsp3) is 0.217. The Hall–Kier alpha value is -3.30. The highest BCUT2D eigenvalue weighted by molar-refractivity contribution is 7.22. The highest BCUT2D eigenvalue weighted by Gasteiger charge is 2.33. The van der Waals surface area contributed by atoms with Gasteiger partial charge in [-0.15, -0.1) is 11.3 Å². The van der Waals surface area contributed by atoms with Crippen LogP contribution in [0.1, 0.15) is 38.8 Å². The van der Waals surface area contributed by atoms with Crippen LogP contribution in [0.3, 0.4) is 0 Å². The van der Waals surface area contributed by atoms with Crippen LogP contribution in [-0.4, -0.2) is 28.9 Å². The summed E-state index contributed by atoms with van der Waals surface area (Å²) in [5, 5.41) is 6.90. The van der Waals surface area contributed by atoms with Crippen molar-refractivity contribution in [3.8, 4) is 5.75 Å². The van der Waals surface area contributed by atoms with E-state index >= 15 is 0 Å². The first kappa shape index (κ1) is 20.6. The van der Waals surface area contributed by atoms with E-state index in [4.69, 9.17) is 4.74 Å². The van der Waals surface area contributed by atoms with Crippen LogP contribution >= 0.6 is 22.7 Å². The highest BCUT2D eigenvalue weighted by atomic mass is 32.1. The summed E-state index contributed by atoms with van der Waals surface area (Å²) < 4.78 is 6.17. The molecule has 5 rings (SSSR count). The predicted molar refractivity (Wildman–Crippen MR) is 127 cm³/mol. The third-order valence-corrected chi connectivity index (χ3v) is 7.44. The Bertz CT molecular complexity index is 1330. The normalized spacial score (nSPS) is 14.9. The molecule has 7 nitrogen and oxygen atoms in total. The summed E-state index contributed by atoms with van der Waals surface area (Å²) in [6.07, 6.45) is 1.47. The van der Waals surface area contributed by atoms with Gasteiger partial charge in [-0.2, -0.15) is 0 Å². The number of fused-ring (bicyclic) bond motifs is 2. The molecule has 0 spiro atoms. The molecule has 0 radical (unpaired) electrons. The Morgan fingerprint density at radius 1 is 1.03 bits per heavy atom. The maximum Gasteiger partial charge on any atom is 0.257 e. The van der Waals surface area contributed by atoms with Gasteiger partial charge in [-0.25, -0.2) is 9.97 Å². The zero-order valence-corrected chi connectivity index (χ0v) is 19.1. The average Bonchev–Trinajstić information content (AvgIpc) is 3.48. The third kappa shape index (κ3) is 3.85. The molecule has 2 amide bonds. The number of nitrogens with one attached hydrogen (secondary N) is 2. The van der Waals surface area contributed by atoms with E-state index in [0.717, 1.165) is 32.8 Å². The van der Waals surface area contributed by atoms with Crippen LogP contribution in [0.4, 0.5) is 10.3 Å². The minimum absolute atomic E-state index is 0.112. The topological polar surface area (TPSA) is 93.2 Å². The quantitative estimate of drug-likeness (QED) is 0.434. The molecule has 0 saturated carbocycles. The minimum atomic E-state index is -0.346. The molecule has 9 heteroatoms. The lowest BCUT2D eigenvalue weighted by Crippen LogP contribution is -2.20. The van der Waals surface area contributed by atoms with Gasteiger partial charge in [-0.05, 0) is 55.7 Å². The van der Waals surface area contributed by atoms with E-state index in [0.29, 0.717) is 28.0 Å².